The third-order valence-electron chi connectivity index (χ3n) is 9.88. The zero-order valence-electron chi connectivity index (χ0n) is 27.1. The lowest BCUT2D eigenvalue weighted by Crippen LogP contribution is -2.11. The molecule has 0 saturated heterocycles. The van der Waals surface area contributed by atoms with Crippen LogP contribution in [-0.4, -0.2) is 4.98 Å². The SMILES string of the molecule is c1ccc(N(c2ccc(-c3cccc4ccccc34)cc2)c2cccc3c2oc2c4ccccc4cnc32)c(-c2ccc3ccccc3c2)c1. The van der Waals surface area contributed by atoms with E-state index < -0.39 is 0 Å². The quantitative estimate of drug-likeness (QED) is 0.188. The van der Waals surface area contributed by atoms with Crippen molar-refractivity contribution in [2.75, 3.05) is 4.90 Å². The molecule has 2 heterocycles. The highest BCUT2D eigenvalue weighted by molar-refractivity contribution is 6.15. The third kappa shape index (κ3) is 4.56. The maximum atomic E-state index is 6.86. The Morgan fingerprint density at radius 2 is 1.02 bits per heavy atom. The fourth-order valence-electron chi connectivity index (χ4n) is 7.47. The molecule has 0 amide bonds. The Morgan fingerprint density at radius 1 is 0.400 bits per heavy atom. The molecule has 50 heavy (non-hydrogen) atoms. The summed E-state index contributed by atoms with van der Waals surface area (Å²) >= 11 is 0. The normalized spacial score (nSPS) is 11.6. The lowest BCUT2D eigenvalue weighted by atomic mass is 9.97. The minimum atomic E-state index is 0.804. The van der Waals surface area contributed by atoms with Gasteiger partial charge in [-0.15, -0.1) is 0 Å². The van der Waals surface area contributed by atoms with Gasteiger partial charge in [-0.2, -0.15) is 0 Å². The van der Waals surface area contributed by atoms with Crippen molar-refractivity contribution in [3.05, 3.63) is 182 Å². The van der Waals surface area contributed by atoms with Crippen LogP contribution in [-0.2, 0) is 0 Å². The summed E-state index contributed by atoms with van der Waals surface area (Å²) < 4.78 is 6.86. The Kier molecular flexibility index (Phi) is 6.49. The van der Waals surface area contributed by atoms with Crippen molar-refractivity contribution in [1.29, 1.82) is 0 Å². The highest BCUT2D eigenvalue weighted by Gasteiger charge is 2.23. The van der Waals surface area contributed by atoms with Gasteiger partial charge in [0, 0.05) is 33.6 Å². The lowest BCUT2D eigenvalue weighted by molar-refractivity contribution is 0.672. The molecule has 10 rings (SSSR count). The summed E-state index contributed by atoms with van der Waals surface area (Å²) in [5, 5.41) is 8.02. The first-order chi connectivity index (χ1) is 24.8. The van der Waals surface area contributed by atoms with Crippen molar-refractivity contribution < 1.29 is 4.42 Å². The summed E-state index contributed by atoms with van der Waals surface area (Å²) in [5.74, 6) is 0. The van der Waals surface area contributed by atoms with Gasteiger partial charge < -0.3 is 9.32 Å². The topological polar surface area (TPSA) is 29.3 Å². The van der Waals surface area contributed by atoms with Gasteiger partial charge in [0.2, 0.25) is 0 Å². The minimum absolute atomic E-state index is 0.804. The molecule has 2 aromatic heterocycles. The van der Waals surface area contributed by atoms with Crippen molar-refractivity contribution in [3.8, 4) is 22.3 Å². The number of aromatic nitrogens is 1. The van der Waals surface area contributed by atoms with Gasteiger partial charge >= 0.3 is 0 Å². The minimum Gasteiger partial charge on any atom is -0.451 e. The van der Waals surface area contributed by atoms with Crippen LogP contribution in [0.3, 0.4) is 0 Å². The molecule has 0 aliphatic heterocycles. The first-order valence-corrected chi connectivity index (χ1v) is 17.0. The van der Waals surface area contributed by atoms with Gasteiger partial charge in [-0.3, -0.25) is 4.98 Å². The average molecular weight is 639 g/mol. The van der Waals surface area contributed by atoms with Crippen molar-refractivity contribution >= 4 is 71.4 Å². The first-order valence-electron chi connectivity index (χ1n) is 17.0. The van der Waals surface area contributed by atoms with Crippen LogP contribution < -0.4 is 4.90 Å². The van der Waals surface area contributed by atoms with Crippen LogP contribution in [0.2, 0.25) is 0 Å². The zero-order chi connectivity index (χ0) is 33.0. The van der Waals surface area contributed by atoms with Crippen LogP contribution in [0.4, 0.5) is 17.1 Å². The van der Waals surface area contributed by atoms with E-state index in [0.29, 0.717) is 0 Å². The maximum Gasteiger partial charge on any atom is 0.161 e. The smallest absolute Gasteiger partial charge is 0.161 e. The second-order valence-electron chi connectivity index (χ2n) is 12.8. The molecular weight excluding hydrogens is 609 g/mol. The van der Waals surface area contributed by atoms with E-state index in [1.165, 1.54) is 32.7 Å². The number of anilines is 3. The number of hydrogen-bond acceptors (Lipinski definition) is 3. The number of hydrogen-bond donors (Lipinski definition) is 0. The average Bonchev–Trinajstić information content (AvgIpc) is 3.58. The van der Waals surface area contributed by atoms with Crippen LogP contribution in [0.5, 0.6) is 0 Å². The van der Waals surface area contributed by atoms with E-state index in [4.69, 9.17) is 9.40 Å². The fraction of sp³-hybridized carbons (Fsp3) is 0. The molecule has 0 atom stereocenters. The number of fused-ring (bicyclic) bond motifs is 7. The van der Waals surface area contributed by atoms with Crippen LogP contribution in [0, 0.1) is 0 Å². The van der Waals surface area contributed by atoms with Crippen molar-refractivity contribution in [2.24, 2.45) is 0 Å². The molecule has 0 bridgehead atoms. The monoisotopic (exact) mass is 638 g/mol. The van der Waals surface area contributed by atoms with E-state index in [9.17, 15) is 0 Å². The van der Waals surface area contributed by atoms with E-state index in [1.54, 1.807) is 0 Å². The Morgan fingerprint density at radius 3 is 1.90 bits per heavy atom. The van der Waals surface area contributed by atoms with Gasteiger partial charge in [0.15, 0.2) is 11.2 Å². The Labute approximate surface area is 289 Å². The van der Waals surface area contributed by atoms with Gasteiger partial charge in [0.1, 0.15) is 5.52 Å². The molecular formula is C47H30N2O. The molecule has 3 nitrogen and oxygen atoms in total. The maximum absolute atomic E-state index is 6.86. The predicted octanol–water partition coefficient (Wildman–Crippen LogP) is 13.2. The molecule has 8 aromatic carbocycles. The summed E-state index contributed by atoms with van der Waals surface area (Å²) in [4.78, 5) is 7.23. The van der Waals surface area contributed by atoms with Crippen LogP contribution in [0.15, 0.2) is 187 Å². The van der Waals surface area contributed by atoms with Crippen LogP contribution in [0.1, 0.15) is 0 Å². The molecule has 234 valence electrons. The van der Waals surface area contributed by atoms with Gasteiger partial charge in [-0.1, -0.05) is 140 Å². The zero-order valence-corrected chi connectivity index (χ0v) is 27.1. The van der Waals surface area contributed by atoms with E-state index in [0.717, 1.165) is 61.0 Å². The molecule has 0 fully saturated rings. The summed E-state index contributed by atoms with van der Waals surface area (Å²) in [5.41, 5.74) is 10.2. The van der Waals surface area contributed by atoms with Gasteiger partial charge in [0.05, 0.1) is 11.4 Å². The molecule has 0 N–H and O–H groups in total. The largest absolute Gasteiger partial charge is 0.451 e. The predicted molar refractivity (Wildman–Crippen MR) is 210 cm³/mol. The Balaban J connectivity index is 1.21. The van der Waals surface area contributed by atoms with Crippen LogP contribution in [0.25, 0.3) is 76.6 Å². The summed E-state index contributed by atoms with van der Waals surface area (Å²) in [7, 11) is 0. The highest BCUT2D eigenvalue weighted by Crippen LogP contribution is 2.46. The van der Waals surface area contributed by atoms with E-state index >= 15 is 0 Å². The molecule has 0 unspecified atom stereocenters. The molecule has 3 heteroatoms. The van der Waals surface area contributed by atoms with E-state index in [2.05, 4.69) is 175 Å². The first kappa shape index (κ1) is 28.3. The number of pyridine rings is 1. The Bertz CT molecular complexity index is 2880. The van der Waals surface area contributed by atoms with Gasteiger partial charge in [-0.25, -0.2) is 0 Å². The van der Waals surface area contributed by atoms with Gasteiger partial charge in [0.25, 0.3) is 0 Å². The number of benzene rings is 8. The molecule has 0 spiro atoms. The molecule has 0 aliphatic carbocycles. The number of furan rings is 1. The summed E-state index contributed by atoms with van der Waals surface area (Å²) in [6, 6.07) is 62.6. The highest BCUT2D eigenvalue weighted by atomic mass is 16.3. The summed E-state index contributed by atoms with van der Waals surface area (Å²) in [6.07, 6.45) is 1.94. The van der Waals surface area contributed by atoms with Crippen molar-refractivity contribution in [1.82, 2.24) is 4.98 Å². The second-order valence-corrected chi connectivity index (χ2v) is 12.8. The molecule has 0 aliphatic rings. The van der Waals surface area contributed by atoms with Gasteiger partial charge in [-0.05, 0) is 74.6 Å². The number of rotatable bonds is 5. The Hall–Kier alpha value is -6.71. The fourth-order valence-corrected chi connectivity index (χ4v) is 7.47. The second kappa shape index (κ2) is 11.5. The van der Waals surface area contributed by atoms with E-state index in [-0.39, 0.29) is 0 Å². The standard InChI is InChI=1S/C47H30N2O/c1-2-13-34-29-35(24-23-31(34)11-1)40-17-7-8-21-43(40)49(37-27-25-33(26-28-37)39-19-9-15-32-12-3-5-16-38(32)39)44-22-10-20-42-45-47(50-46(42)44)41-18-6-4-14-36(41)30-48-45/h1-30H. The van der Waals surface area contributed by atoms with Crippen molar-refractivity contribution in [2.45, 2.75) is 0 Å². The molecule has 10 aromatic rings. The van der Waals surface area contributed by atoms with Crippen molar-refractivity contribution in [3.63, 3.8) is 0 Å². The van der Waals surface area contributed by atoms with E-state index in [1.807, 2.05) is 12.3 Å². The summed E-state index contributed by atoms with van der Waals surface area (Å²) in [6.45, 7) is 0. The van der Waals surface area contributed by atoms with Crippen LogP contribution >= 0.6 is 0 Å². The number of nitrogens with zero attached hydrogens (tertiary/aromatic N) is 2. The molecule has 0 radical (unpaired) electrons. The number of para-hydroxylation sites is 2. The lowest BCUT2D eigenvalue weighted by Gasteiger charge is -2.28. The third-order valence-corrected chi connectivity index (χ3v) is 9.88. The molecule has 0 saturated carbocycles.